The SMILES string of the molecule is CCc1ccc2c(c1)c(=O)c(C(=O)c1ccc(C)cc1)cn2CC(=O)Nc1ccccc1OC. The van der Waals surface area contributed by atoms with Gasteiger partial charge in [-0.25, -0.2) is 0 Å². The Morgan fingerprint density at radius 2 is 1.74 bits per heavy atom. The maximum absolute atomic E-state index is 13.3. The van der Waals surface area contributed by atoms with Gasteiger partial charge in [-0.05, 0) is 43.2 Å². The van der Waals surface area contributed by atoms with Gasteiger partial charge in [-0.2, -0.15) is 0 Å². The van der Waals surface area contributed by atoms with Gasteiger partial charge in [0.05, 0.1) is 23.9 Å². The summed E-state index contributed by atoms with van der Waals surface area (Å²) < 4.78 is 6.96. The maximum Gasteiger partial charge on any atom is 0.244 e. The molecular weight excluding hydrogens is 428 g/mol. The number of carbonyl (C=O) groups excluding carboxylic acids is 2. The van der Waals surface area contributed by atoms with E-state index in [-0.39, 0.29) is 29.2 Å². The lowest BCUT2D eigenvalue weighted by Crippen LogP contribution is -2.24. The molecular formula is C28H26N2O4. The number of methoxy groups -OCH3 is 1. The molecule has 0 aliphatic carbocycles. The minimum absolute atomic E-state index is 0.0368. The van der Waals surface area contributed by atoms with Crippen LogP contribution < -0.4 is 15.5 Å². The predicted molar refractivity (Wildman–Crippen MR) is 134 cm³/mol. The quantitative estimate of drug-likeness (QED) is 0.409. The molecule has 0 bridgehead atoms. The van der Waals surface area contributed by atoms with E-state index in [1.165, 1.54) is 13.3 Å². The van der Waals surface area contributed by atoms with E-state index in [9.17, 15) is 14.4 Å². The van der Waals surface area contributed by atoms with E-state index in [4.69, 9.17) is 4.74 Å². The molecule has 0 radical (unpaired) electrons. The average molecular weight is 455 g/mol. The maximum atomic E-state index is 13.3. The number of carbonyl (C=O) groups is 2. The number of nitrogens with one attached hydrogen (secondary N) is 1. The van der Waals surface area contributed by atoms with Gasteiger partial charge >= 0.3 is 0 Å². The molecule has 4 aromatic rings. The molecule has 6 nitrogen and oxygen atoms in total. The molecule has 1 aromatic heterocycles. The zero-order valence-electron chi connectivity index (χ0n) is 19.4. The van der Waals surface area contributed by atoms with Crippen molar-refractivity contribution in [2.45, 2.75) is 26.8 Å². The molecule has 3 aromatic carbocycles. The van der Waals surface area contributed by atoms with Crippen LogP contribution in [0.15, 0.2) is 77.7 Å². The Morgan fingerprint density at radius 3 is 2.44 bits per heavy atom. The van der Waals surface area contributed by atoms with Crippen LogP contribution in [0.25, 0.3) is 10.9 Å². The summed E-state index contributed by atoms with van der Waals surface area (Å²) in [5.41, 5.74) is 3.27. The number of rotatable bonds is 7. The first-order valence-electron chi connectivity index (χ1n) is 11.1. The van der Waals surface area contributed by atoms with E-state index in [2.05, 4.69) is 5.32 Å². The van der Waals surface area contributed by atoms with Gasteiger partial charge in [0.15, 0.2) is 5.78 Å². The zero-order chi connectivity index (χ0) is 24.2. The van der Waals surface area contributed by atoms with Gasteiger partial charge in [0, 0.05) is 17.1 Å². The number of aryl methyl sites for hydroxylation is 2. The number of hydrogen-bond acceptors (Lipinski definition) is 4. The number of anilines is 1. The van der Waals surface area contributed by atoms with Crippen LogP contribution in [0, 0.1) is 6.92 Å². The number of para-hydroxylation sites is 2. The van der Waals surface area contributed by atoms with Gasteiger partial charge in [0.25, 0.3) is 0 Å². The molecule has 0 aliphatic heterocycles. The Kier molecular flexibility index (Phi) is 6.59. The molecule has 0 atom stereocenters. The molecule has 0 aliphatic rings. The molecule has 6 heteroatoms. The minimum atomic E-state index is -0.368. The lowest BCUT2D eigenvalue weighted by molar-refractivity contribution is -0.116. The van der Waals surface area contributed by atoms with Crippen LogP contribution in [0.3, 0.4) is 0 Å². The Hall–Kier alpha value is -4.19. The van der Waals surface area contributed by atoms with Crippen molar-refractivity contribution in [1.82, 2.24) is 4.57 Å². The molecule has 0 saturated carbocycles. The van der Waals surface area contributed by atoms with Crippen molar-refractivity contribution in [2.75, 3.05) is 12.4 Å². The fourth-order valence-electron chi connectivity index (χ4n) is 3.91. The van der Waals surface area contributed by atoms with E-state index in [0.29, 0.717) is 27.9 Å². The van der Waals surface area contributed by atoms with Crippen LogP contribution in [0.1, 0.15) is 34.0 Å². The fourth-order valence-corrected chi connectivity index (χ4v) is 3.91. The summed E-state index contributed by atoms with van der Waals surface area (Å²) in [5.74, 6) is -0.126. The normalized spacial score (nSPS) is 10.8. The highest BCUT2D eigenvalue weighted by molar-refractivity contribution is 6.10. The monoisotopic (exact) mass is 454 g/mol. The van der Waals surface area contributed by atoms with Gasteiger partial charge in [-0.1, -0.05) is 55.0 Å². The molecule has 4 rings (SSSR count). The number of pyridine rings is 1. The molecule has 0 unspecified atom stereocenters. The lowest BCUT2D eigenvalue weighted by atomic mass is 10.00. The second-order valence-electron chi connectivity index (χ2n) is 8.15. The number of aromatic nitrogens is 1. The number of benzene rings is 3. The van der Waals surface area contributed by atoms with Crippen molar-refractivity contribution in [3.8, 4) is 5.75 Å². The van der Waals surface area contributed by atoms with Gasteiger partial charge in [-0.3, -0.25) is 14.4 Å². The van der Waals surface area contributed by atoms with E-state index in [0.717, 1.165) is 17.5 Å². The first-order valence-corrected chi connectivity index (χ1v) is 11.1. The van der Waals surface area contributed by atoms with Gasteiger partial charge in [0.2, 0.25) is 11.3 Å². The third-order valence-electron chi connectivity index (χ3n) is 5.81. The number of ether oxygens (including phenoxy) is 1. The van der Waals surface area contributed by atoms with Crippen molar-refractivity contribution in [3.05, 3.63) is 105 Å². The Morgan fingerprint density at radius 1 is 1.00 bits per heavy atom. The highest BCUT2D eigenvalue weighted by atomic mass is 16.5. The fraction of sp³-hybridized carbons (Fsp3) is 0.179. The van der Waals surface area contributed by atoms with Crippen LogP contribution in [-0.4, -0.2) is 23.4 Å². The van der Waals surface area contributed by atoms with E-state index >= 15 is 0 Å². The van der Waals surface area contributed by atoms with Crippen LogP contribution in [0.5, 0.6) is 5.75 Å². The number of nitrogens with zero attached hydrogens (tertiary/aromatic N) is 1. The summed E-state index contributed by atoms with van der Waals surface area (Å²) in [6, 6.07) is 19.8. The molecule has 34 heavy (non-hydrogen) atoms. The van der Waals surface area contributed by atoms with Crippen LogP contribution >= 0.6 is 0 Å². The topological polar surface area (TPSA) is 77.4 Å². The van der Waals surface area contributed by atoms with Crippen molar-refractivity contribution in [3.63, 3.8) is 0 Å². The van der Waals surface area contributed by atoms with Crippen molar-refractivity contribution in [2.24, 2.45) is 0 Å². The summed E-state index contributed by atoms with van der Waals surface area (Å²) in [6.07, 6.45) is 2.24. The second kappa shape index (κ2) is 9.75. The second-order valence-corrected chi connectivity index (χ2v) is 8.15. The summed E-state index contributed by atoms with van der Waals surface area (Å²) in [7, 11) is 1.54. The van der Waals surface area contributed by atoms with Crippen molar-refractivity contribution in [1.29, 1.82) is 0 Å². The molecule has 172 valence electrons. The Balaban J connectivity index is 1.78. The van der Waals surface area contributed by atoms with E-state index < -0.39 is 0 Å². The predicted octanol–water partition coefficient (Wildman–Crippen LogP) is 4.75. The smallest absolute Gasteiger partial charge is 0.244 e. The van der Waals surface area contributed by atoms with Crippen LogP contribution in [0.2, 0.25) is 0 Å². The Labute approximate surface area is 197 Å². The Bertz CT molecular complexity index is 1440. The molecule has 0 spiro atoms. The van der Waals surface area contributed by atoms with Gasteiger partial charge < -0.3 is 14.6 Å². The summed E-state index contributed by atoms with van der Waals surface area (Å²) in [4.78, 5) is 39.5. The molecule has 0 fully saturated rings. The third kappa shape index (κ3) is 4.62. The number of amides is 1. The molecule has 1 N–H and O–H groups in total. The standard InChI is InChI=1S/C28H26N2O4/c1-4-19-11-14-24-21(15-19)28(33)22(27(32)20-12-9-18(2)10-13-20)16-30(24)17-26(31)29-23-7-5-6-8-25(23)34-3/h5-16H,4,17H2,1-3H3,(H,29,31). The van der Waals surface area contributed by atoms with Crippen molar-refractivity contribution >= 4 is 28.3 Å². The first-order chi connectivity index (χ1) is 16.4. The van der Waals surface area contributed by atoms with Gasteiger partial charge in [0.1, 0.15) is 12.3 Å². The molecule has 1 heterocycles. The van der Waals surface area contributed by atoms with E-state index in [1.54, 1.807) is 41.0 Å². The van der Waals surface area contributed by atoms with Crippen molar-refractivity contribution < 1.29 is 14.3 Å². The first kappa shape index (κ1) is 23.0. The summed E-state index contributed by atoms with van der Waals surface area (Å²) in [6.45, 7) is 3.86. The van der Waals surface area contributed by atoms with Gasteiger partial charge in [-0.15, -0.1) is 0 Å². The van der Waals surface area contributed by atoms with E-state index in [1.807, 2.05) is 44.2 Å². The lowest BCUT2D eigenvalue weighted by Gasteiger charge is -2.15. The summed E-state index contributed by atoms with van der Waals surface area (Å²) in [5, 5.41) is 3.27. The number of fused-ring (bicyclic) bond motifs is 1. The third-order valence-corrected chi connectivity index (χ3v) is 5.81. The van der Waals surface area contributed by atoms with Crippen LogP contribution in [-0.2, 0) is 17.8 Å². The minimum Gasteiger partial charge on any atom is -0.495 e. The average Bonchev–Trinajstić information content (AvgIpc) is 2.85. The molecule has 0 saturated heterocycles. The van der Waals surface area contributed by atoms with Crippen LogP contribution in [0.4, 0.5) is 5.69 Å². The number of hydrogen-bond donors (Lipinski definition) is 1. The number of ketones is 1. The molecule has 1 amide bonds. The highest BCUT2D eigenvalue weighted by Crippen LogP contribution is 2.23. The zero-order valence-corrected chi connectivity index (χ0v) is 19.4. The summed E-state index contributed by atoms with van der Waals surface area (Å²) >= 11 is 0. The highest BCUT2D eigenvalue weighted by Gasteiger charge is 2.19. The largest absolute Gasteiger partial charge is 0.495 e.